The van der Waals surface area contributed by atoms with E-state index in [-0.39, 0.29) is 5.41 Å². The van der Waals surface area contributed by atoms with Gasteiger partial charge in [0.15, 0.2) is 0 Å². The molecule has 96 valence electrons. The molecule has 5 nitrogen and oxygen atoms in total. The Hall–Kier alpha value is -1.36. The maximum absolute atomic E-state index is 5.75. The average Bonchev–Trinajstić information content (AvgIpc) is 2.27. The molecule has 0 aliphatic rings. The molecule has 0 spiro atoms. The zero-order valence-corrected chi connectivity index (χ0v) is 11.4. The second-order valence-electron chi connectivity index (χ2n) is 5.13. The summed E-state index contributed by atoms with van der Waals surface area (Å²) in [6, 6.07) is 1.94. The van der Waals surface area contributed by atoms with Crippen LogP contribution in [-0.2, 0) is 0 Å². The number of nitrogens with one attached hydrogen (secondary N) is 1. The van der Waals surface area contributed by atoms with Crippen molar-refractivity contribution in [3.63, 3.8) is 0 Å². The first kappa shape index (κ1) is 13.7. The minimum atomic E-state index is 0.0768. The van der Waals surface area contributed by atoms with Crippen molar-refractivity contribution < 1.29 is 0 Å². The minimum Gasteiger partial charge on any atom is -0.373 e. The molecule has 0 radical (unpaired) electrons. The van der Waals surface area contributed by atoms with E-state index in [0.29, 0.717) is 6.54 Å². The number of anilines is 2. The molecule has 1 heterocycles. The van der Waals surface area contributed by atoms with E-state index in [2.05, 4.69) is 34.0 Å². The van der Waals surface area contributed by atoms with Crippen molar-refractivity contribution in [3.05, 3.63) is 11.9 Å². The van der Waals surface area contributed by atoms with Crippen molar-refractivity contribution in [1.82, 2.24) is 9.97 Å². The summed E-state index contributed by atoms with van der Waals surface area (Å²) in [4.78, 5) is 10.8. The second-order valence-corrected chi connectivity index (χ2v) is 5.13. The van der Waals surface area contributed by atoms with Gasteiger partial charge in [-0.2, -0.15) is 0 Å². The normalized spacial score (nSPS) is 11.4. The van der Waals surface area contributed by atoms with Gasteiger partial charge < -0.3 is 16.0 Å². The van der Waals surface area contributed by atoms with Crippen molar-refractivity contribution >= 4 is 11.6 Å². The van der Waals surface area contributed by atoms with Gasteiger partial charge in [0.2, 0.25) is 0 Å². The van der Waals surface area contributed by atoms with E-state index in [1.807, 2.05) is 27.1 Å². The number of hydrogen-bond donors (Lipinski definition) is 2. The molecular formula is C12H23N5. The van der Waals surface area contributed by atoms with Gasteiger partial charge in [-0.25, -0.2) is 9.97 Å². The smallest absolute Gasteiger partial charge is 0.134 e. The lowest BCUT2D eigenvalue weighted by Crippen LogP contribution is -2.37. The van der Waals surface area contributed by atoms with Crippen LogP contribution in [0.15, 0.2) is 6.07 Å². The maximum atomic E-state index is 5.75. The van der Waals surface area contributed by atoms with Gasteiger partial charge in [0, 0.05) is 26.7 Å². The fraction of sp³-hybridized carbons (Fsp3) is 0.667. The van der Waals surface area contributed by atoms with Crippen LogP contribution in [0, 0.1) is 12.3 Å². The number of nitrogens with zero attached hydrogens (tertiary/aromatic N) is 3. The van der Waals surface area contributed by atoms with Crippen LogP contribution in [0.5, 0.6) is 0 Å². The lowest BCUT2D eigenvalue weighted by molar-refractivity contribution is 0.384. The van der Waals surface area contributed by atoms with Gasteiger partial charge in [-0.15, -0.1) is 0 Å². The summed E-state index contributed by atoms with van der Waals surface area (Å²) in [5.74, 6) is 2.53. The zero-order valence-electron chi connectivity index (χ0n) is 11.4. The van der Waals surface area contributed by atoms with Gasteiger partial charge >= 0.3 is 0 Å². The first-order valence-electron chi connectivity index (χ1n) is 5.82. The molecule has 5 heteroatoms. The molecule has 0 saturated heterocycles. The van der Waals surface area contributed by atoms with E-state index in [9.17, 15) is 0 Å². The SMILES string of the molecule is CNc1cc(N(C)CC(C)(C)CN)nc(C)n1. The van der Waals surface area contributed by atoms with Crippen molar-refractivity contribution in [3.8, 4) is 0 Å². The Morgan fingerprint density at radius 2 is 2.06 bits per heavy atom. The van der Waals surface area contributed by atoms with Crippen molar-refractivity contribution in [2.24, 2.45) is 11.1 Å². The van der Waals surface area contributed by atoms with E-state index in [1.54, 1.807) is 0 Å². The van der Waals surface area contributed by atoms with Crippen LogP contribution in [0.3, 0.4) is 0 Å². The predicted octanol–water partition coefficient (Wildman–Crippen LogP) is 1.25. The van der Waals surface area contributed by atoms with Crippen molar-refractivity contribution in [2.45, 2.75) is 20.8 Å². The van der Waals surface area contributed by atoms with E-state index in [4.69, 9.17) is 5.73 Å². The molecule has 0 atom stereocenters. The Labute approximate surface area is 103 Å². The maximum Gasteiger partial charge on any atom is 0.134 e. The Bertz CT molecular complexity index is 375. The Kier molecular flexibility index (Phi) is 4.28. The number of aromatic nitrogens is 2. The molecule has 0 unspecified atom stereocenters. The first-order chi connectivity index (χ1) is 7.88. The molecule has 0 aromatic carbocycles. The van der Waals surface area contributed by atoms with Crippen LogP contribution < -0.4 is 16.0 Å². The summed E-state index contributed by atoms with van der Waals surface area (Å²) in [5, 5.41) is 3.04. The van der Waals surface area contributed by atoms with Gasteiger partial charge in [0.05, 0.1) is 0 Å². The molecule has 1 rings (SSSR count). The van der Waals surface area contributed by atoms with Crippen molar-refractivity contribution in [2.75, 3.05) is 37.4 Å². The highest BCUT2D eigenvalue weighted by atomic mass is 15.2. The summed E-state index contributed by atoms with van der Waals surface area (Å²) in [5.41, 5.74) is 5.82. The molecule has 0 saturated carbocycles. The molecule has 1 aromatic heterocycles. The largest absolute Gasteiger partial charge is 0.373 e. The van der Waals surface area contributed by atoms with Gasteiger partial charge in [0.25, 0.3) is 0 Å². The Morgan fingerprint density at radius 3 is 2.59 bits per heavy atom. The average molecular weight is 237 g/mol. The number of nitrogens with two attached hydrogens (primary N) is 1. The molecule has 1 aromatic rings. The van der Waals surface area contributed by atoms with E-state index in [1.165, 1.54) is 0 Å². The quantitative estimate of drug-likeness (QED) is 0.806. The molecule has 0 bridgehead atoms. The van der Waals surface area contributed by atoms with Crippen molar-refractivity contribution in [1.29, 1.82) is 0 Å². The third-order valence-electron chi connectivity index (χ3n) is 2.69. The summed E-state index contributed by atoms with van der Waals surface area (Å²) in [6.45, 7) is 7.71. The number of aryl methyl sites for hydroxylation is 1. The van der Waals surface area contributed by atoms with E-state index >= 15 is 0 Å². The summed E-state index contributed by atoms with van der Waals surface area (Å²) < 4.78 is 0. The number of hydrogen-bond acceptors (Lipinski definition) is 5. The third kappa shape index (κ3) is 3.85. The van der Waals surface area contributed by atoms with Crippen LogP contribution >= 0.6 is 0 Å². The minimum absolute atomic E-state index is 0.0768. The van der Waals surface area contributed by atoms with Crippen LogP contribution in [0.4, 0.5) is 11.6 Å². The van der Waals surface area contributed by atoms with Crippen LogP contribution in [0.25, 0.3) is 0 Å². The highest BCUT2D eigenvalue weighted by Crippen LogP contribution is 2.20. The number of rotatable bonds is 5. The zero-order chi connectivity index (χ0) is 13.1. The Balaban J connectivity index is 2.88. The molecule has 3 N–H and O–H groups in total. The van der Waals surface area contributed by atoms with E-state index in [0.717, 1.165) is 24.0 Å². The van der Waals surface area contributed by atoms with Crippen LogP contribution in [0.2, 0.25) is 0 Å². The summed E-state index contributed by atoms with van der Waals surface area (Å²) in [6.07, 6.45) is 0. The first-order valence-corrected chi connectivity index (χ1v) is 5.82. The lowest BCUT2D eigenvalue weighted by Gasteiger charge is -2.29. The van der Waals surface area contributed by atoms with Gasteiger partial charge in [-0.3, -0.25) is 0 Å². The van der Waals surface area contributed by atoms with Crippen LogP contribution in [0.1, 0.15) is 19.7 Å². The molecular weight excluding hydrogens is 214 g/mol. The Morgan fingerprint density at radius 1 is 1.41 bits per heavy atom. The van der Waals surface area contributed by atoms with E-state index < -0.39 is 0 Å². The fourth-order valence-electron chi connectivity index (χ4n) is 1.66. The van der Waals surface area contributed by atoms with Gasteiger partial charge in [-0.05, 0) is 18.9 Å². The molecule has 17 heavy (non-hydrogen) atoms. The highest BCUT2D eigenvalue weighted by Gasteiger charge is 2.19. The molecule has 0 aliphatic carbocycles. The van der Waals surface area contributed by atoms with Crippen LogP contribution in [-0.4, -0.2) is 37.2 Å². The topological polar surface area (TPSA) is 67.1 Å². The van der Waals surface area contributed by atoms with Gasteiger partial charge in [-0.1, -0.05) is 13.8 Å². The monoisotopic (exact) mass is 237 g/mol. The summed E-state index contributed by atoms with van der Waals surface area (Å²) in [7, 11) is 3.88. The predicted molar refractivity (Wildman–Crippen MR) is 72.4 cm³/mol. The molecule has 0 aliphatic heterocycles. The molecule has 0 fully saturated rings. The fourth-order valence-corrected chi connectivity index (χ4v) is 1.66. The van der Waals surface area contributed by atoms with Gasteiger partial charge in [0.1, 0.15) is 17.5 Å². The second kappa shape index (κ2) is 5.31. The summed E-state index contributed by atoms with van der Waals surface area (Å²) >= 11 is 0. The molecule has 0 amide bonds. The standard InChI is InChI=1S/C12H23N5/c1-9-15-10(14-4)6-11(16-9)17(5)8-12(2,3)7-13/h6H,7-8,13H2,1-5H3,(H,14,15,16). The highest BCUT2D eigenvalue weighted by molar-refractivity contribution is 5.48. The lowest BCUT2D eigenvalue weighted by atomic mass is 9.93. The third-order valence-corrected chi connectivity index (χ3v) is 2.69.